The average molecular weight is 615 g/mol. The Hall–Kier alpha value is -6.36. The topological polar surface area (TPSA) is 55.8 Å². The van der Waals surface area contributed by atoms with Gasteiger partial charge in [-0.05, 0) is 95.4 Å². The monoisotopic (exact) mass is 614 g/mol. The Morgan fingerprint density at radius 1 is 0.583 bits per heavy atom. The minimum atomic E-state index is 0.111. The molecular formula is C44H30N4. The first kappa shape index (κ1) is 27.9. The van der Waals surface area contributed by atoms with Crippen LogP contribution in [0.5, 0.6) is 0 Å². The van der Waals surface area contributed by atoms with Crippen molar-refractivity contribution in [2.45, 2.75) is 24.3 Å². The Kier molecular flexibility index (Phi) is 6.49. The van der Waals surface area contributed by atoms with Gasteiger partial charge < -0.3 is 9.47 Å². The van der Waals surface area contributed by atoms with Crippen molar-refractivity contribution in [1.29, 1.82) is 10.5 Å². The molecule has 4 heteroatoms. The number of anilines is 2. The van der Waals surface area contributed by atoms with Crippen LogP contribution < -0.4 is 4.90 Å². The molecule has 1 aliphatic heterocycles. The predicted molar refractivity (Wildman–Crippen MR) is 194 cm³/mol. The number of para-hydroxylation sites is 2. The van der Waals surface area contributed by atoms with Gasteiger partial charge in [-0.1, -0.05) is 84.9 Å². The van der Waals surface area contributed by atoms with Crippen molar-refractivity contribution >= 4 is 33.2 Å². The third kappa shape index (κ3) is 4.20. The van der Waals surface area contributed by atoms with Crippen LogP contribution in [-0.2, 0) is 0 Å². The lowest BCUT2D eigenvalue weighted by Gasteiger charge is -2.38. The molecule has 226 valence electrons. The summed E-state index contributed by atoms with van der Waals surface area (Å²) in [6.07, 6.45) is 5.69. The molecule has 2 aliphatic rings. The van der Waals surface area contributed by atoms with Crippen LogP contribution in [0.25, 0.3) is 38.6 Å². The molecule has 0 saturated heterocycles. The van der Waals surface area contributed by atoms with Gasteiger partial charge in [0, 0.05) is 39.7 Å². The summed E-state index contributed by atoms with van der Waals surface area (Å²) in [5, 5.41) is 21.7. The summed E-state index contributed by atoms with van der Waals surface area (Å²) in [7, 11) is 0. The first-order chi connectivity index (χ1) is 23.7. The zero-order chi connectivity index (χ0) is 32.2. The number of nitriles is 2. The Morgan fingerprint density at radius 2 is 1.29 bits per heavy atom. The summed E-state index contributed by atoms with van der Waals surface area (Å²) >= 11 is 0. The zero-order valence-corrected chi connectivity index (χ0v) is 26.2. The number of rotatable bonds is 4. The van der Waals surface area contributed by atoms with Crippen molar-refractivity contribution < 1.29 is 0 Å². The number of fused-ring (bicyclic) bond motifs is 6. The van der Waals surface area contributed by atoms with Crippen LogP contribution in [0.1, 0.15) is 40.5 Å². The van der Waals surface area contributed by atoms with Crippen molar-refractivity contribution in [3.63, 3.8) is 0 Å². The van der Waals surface area contributed by atoms with Gasteiger partial charge in [-0.2, -0.15) is 10.5 Å². The molecule has 0 spiro atoms. The number of hydrogen-bond donors (Lipinski definition) is 0. The minimum absolute atomic E-state index is 0.111. The molecule has 4 nitrogen and oxygen atoms in total. The molecule has 0 N–H and O–H groups in total. The van der Waals surface area contributed by atoms with Gasteiger partial charge in [-0.25, -0.2) is 0 Å². The highest BCUT2D eigenvalue weighted by Gasteiger charge is 2.45. The number of aromatic nitrogens is 1. The van der Waals surface area contributed by atoms with E-state index in [1.165, 1.54) is 44.4 Å². The Balaban J connectivity index is 1.25. The van der Waals surface area contributed by atoms with Crippen LogP contribution in [0.3, 0.4) is 0 Å². The highest BCUT2D eigenvalue weighted by Crippen LogP contribution is 2.55. The predicted octanol–water partition coefficient (Wildman–Crippen LogP) is 10.5. The summed E-state index contributed by atoms with van der Waals surface area (Å²) in [6.45, 7) is 0. The summed E-state index contributed by atoms with van der Waals surface area (Å²) in [5.74, 6) is 0.367. The van der Waals surface area contributed by atoms with Crippen molar-refractivity contribution in [3.05, 3.63) is 174 Å². The standard InChI is InChI=1S/C44H30N4/c45-27-29-20-23-32(24-21-29)47-40-18-7-6-14-38(40)43-35(15-9-19-42(43)47)33-12-4-5-13-34(33)36-16-8-17-37-39-26-30(28-46)22-25-41(39)48(44(36)37)31-10-2-1-3-11-31/h1-16,18-26,36-37,44H,17H2. The molecule has 48 heavy (non-hydrogen) atoms. The second kappa shape index (κ2) is 11.2. The molecule has 0 saturated carbocycles. The van der Waals surface area contributed by atoms with Crippen molar-refractivity contribution in [2.24, 2.45) is 0 Å². The molecule has 0 fully saturated rings. The zero-order valence-electron chi connectivity index (χ0n) is 26.2. The Labute approximate surface area is 279 Å². The van der Waals surface area contributed by atoms with Crippen molar-refractivity contribution in [1.82, 2.24) is 4.57 Å². The minimum Gasteiger partial charge on any atom is -0.337 e. The first-order valence-corrected chi connectivity index (χ1v) is 16.4. The van der Waals surface area contributed by atoms with E-state index in [0.717, 1.165) is 23.1 Å². The summed E-state index contributed by atoms with van der Waals surface area (Å²) in [5.41, 5.74) is 12.0. The summed E-state index contributed by atoms with van der Waals surface area (Å²) in [4.78, 5) is 2.52. The fourth-order valence-electron chi connectivity index (χ4n) is 8.26. The van der Waals surface area contributed by atoms with E-state index in [1.54, 1.807) is 0 Å². The Bertz CT molecular complexity index is 2470. The molecule has 9 rings (SSSR count). The molecule has 3 atom stereocenters. The van der Waals surface area contributed by atoms with E-state index < -0.39 is 0 Å². The van der Waals surface area contributed by atoms with Crippen LogP contribution in [-0.4, -0.2) is 10.6 Å². The lowest BCUT2D eigenvalue weighted by Crippen LogP contribution is -2.37. The number of allylic oxidation sites excluding steroid dienone is 1. The van der Waals surface area contributed by atoms with Gasteiger partial charge in [0.15, 0.2) is 0 Å². The molecular weight excluding hydrogens is 585 g/mol. The van der Waals surface area contributed by atoms with Gasteiger partial charge in [-0.15, -0.1) is 0 Å². The van der Waals surface area contributed by atoms with E-state index in [9.17, 15) is 10.5 Å². The molecule has 2 heterocycles. The maximum atomic E-state index is 9.81. The van der Waals surface area contributed by atoms with Crippen LogP contribution >= 0.6 is 0 Å². The number of hydrogen-bond acceptors (Lipinski definition) is 3. The SMILES string of the molecule is N#Cc1ccc(-n2c3ccccc3c3c(-c4ccccc4C4C=CCC5c6cc(C#N)ccc6N(c6ccccc6)C45)cccc32)cc1. The normalized spacial score (nSPS) is 18.0. The van der Waals surface area contributed by atoms with Gasteiger partial charge >= 0.3 is 0 Å². The lowest BCUT2D eigenvalue weighted by atomic mass is 9.74. The van der Waals surface area contributed by atoms with Crippen LogP contribution in [0, 0.1) is 22.7 Å². The highest BCUT2D eigenvalue weighted by molar-refractivity contribution is 6.16. The molecule has 3 unspecified atom stereocenters. The fourth-order valence-corrected chi connectivity index (χ4v) is 8.26. The highest BCUT2D eigenvalue weighted by atomic mass is 15.2. The quantitative estimate of drug-likeness (QED) is 0.185. The maximum Gasteiger partial charge on any atom is 0.0991 e. The first-order valence-electron chi connectivity index (χ1n) is 16.4. The molecule has 0 amide bonds. The smallest absolute Gasteiger partial charge is 0.0991 e. The van der Waals surface area contributed by atoms with E-state index in [-0.39, 0.29) is 17.9 Å². The van der Waals surface area contributed by atoms with Gasteiger partial charge in [-0.3, -0.25) is 0 Å². The second-order valence-electron chi connectivity index (χ2n) is 12.7. The summed E-state index contributed by atoms with van der Waals surface area (Å²) < 4.78 is 2.31. The van der Waals surface area contributed by atoms with Crippen molar-refractivity contribution in [2.75, 3.05) is 4.90 Å². The van der Waals surface area contributed by atoms with Crippen LogP contribution in [0.15, 0.2) is 152 Å². The average Bonchev–Trinajstić information content (AvgIpc) is 3.68. The van der Waals surface area contributed by atoms with Gasteiger partial charge in [0.05, 0.1) is 40.3 Å². The fraction of sp³-hybridized carbons (Fsp3) is 0.0909. The molecule has 0 radical (unpaired) electrons. The molecule has 1 aromatic heterocycles. The number of nitrogens with zero attached hydrogens (tertiary/aromatic N) is 4. The van der Waals surface area contributed by atoms with E-state index in [4.69, 9.17) is 0 Å². The molecule has 7 aromatic rings. The van der Waals surface area contributed by atoms with E-state index in [1.807, 2.05) is 30.3 Å². The lowest BCUT2D eigenvalue weighted by molar-refractivity contribution is 0.498. The van der Waals surface area contributed by atoms with E-state index in [2.05, 4.69) is 143 Å². The van der Waals surface area contributed by atoms with Crippen molar-refractivity contribution in [3.8, 4) is 29.0 Å². The third-order valence-electron chi connectivity index (χ3n) is 10.2. The summed E-state index contributed by atoms with van der Waals surface area (Å²) in [6, 6.07) is 53.6. The van der Waals surface area contributed by atoms with Gasteiger partial charge in [0.1, 0.15) is 0 Å². The molecule has 0 bridgehead atoms. The number of benzene rings is 6. The third-order valence-corrected chi connectivity index (χ3v) is 10.2. The van der Waals surface area contributed by atoms with Crippen LogP contribution in [0.4, 0.5) is 11.4 Å². The van der Waals surface area contributed by atoms with Crippen LogP contribution in [0.2, 0.25) is 0 Å². The van der Waals surface area contributed by atoms with Gasteiger partial charge in [0.2, 0.25) is 0 Å². The van der Waals surface area contributed by atoms with E-state index >= 15 is 0 Å². The largest absolute Gasteiger partial charge is 0.337 e. The van der Waals surface area contributed by atoms with E-state index in [0.29, 0.717) is 11.1 Å². The molecule has 1 aliphatic carbocycles. The second-order valence-corrected chi connectivity index (χ2v) is 12.7. The van der Waals surface area contributed by atoms with Gasteiger partial charge in [0.25, 0.3) is 0 Å². The Morgan fingerprint density at radius 3 is 2.12 bits per heavy atom. The molecule has 6 aromatic carbocycles. The maximum absolute atomic E-state index is 9.81.